The summed E-state index contributed by atoms with van der Waals surface area (Å²) in [5, 5.41) is 11.3. The fourth-order valence-electron chi connectivity index (χ4n) is 2.49. The molecule has 0 aliphatic carbocycles. The molecule has 1 aromatic heterocycles. The molecule has 2 aromatic carbocycles. The van der Waals surface area contributed by atoms with Crippen LogP contribution in [0.25, 0.3) is 0 Å². The van der Waals surface area contributed by atoms with Crippen molar-refractivity contribution in [3.63, 3.8) is 0 Å². The third kappa shape index (κ3) is 2.43. The molecule has 0 saturated carbocycles. The number of benzene rings is 2. The predicted molar refractivity (Wildman–Crippen MR) is 84.5 cm³/mol. The molecular weight excluding hydrogens is 274 g/mol. The largest absolute Gasteiger partial charge is 0.373 e. The number of carbonyl (C=O) groups is 1. The molecule has 108 valence electrons. The van der Waals surface area contributed by atoms with Gasteiger partial charge in [0.15, 0.2) is 5.60 Å². The molecule has 0 aliphatic heterocycles. The highest BCUT2D eigenvalue weighted by atomic mass is 16.3. The fourth-order valence-corrected chi connectivity index (χ4v) is 2.49. The van der Waals surface area contributed by atoms with Gasteiger partial charge in [0.1, 0.15) is 0 Å². The van der Waals surface area contributed by atoms with Crippen molar-refractivity contribution in [2.75, 3.05) is 0 Å². The van der Waals surface area contributed by atoms with Crippen molar-refractivity contribution in [3.05, 3.63) is 102 Å². The molecule has 3 heteroatoms. The Morgan fingerprint density at radius 2 is 1.36 bits per heavy atom. The van der Waals surface area contributed by atoms with Gasteiger partial charge in [-0.3, -0.25) is 9.78 Å². The Morgan fingerprint density at radius 1 is 0.818 bits per heavy atom. The van der Waals surface area contributed by atoms with Crippen LogP contribution in [-0.4, -0.2) is 15.9 Å². The molecule has 0 bridgehead atoms. The lowest BCUT2D eigenvalue weighted by atomic mass is 9.80. The van der Waals surface area contributed by atoms with E-state index in [-0.39, 0.29) is 0 Å². The van der Waals surface area contributed by atoms with Crippen LogP contribution >= 0.6 is 0 Å². The standard InChI is InChI=1S/C19H15NO2/c21-18(15-8-7-13-20-14-15)19(22,16-9-3-1-4-10-16)17-11-5-2-6-12-17/h1-14,22H. The molecule has 3 aromatic rings. The van der Waals surface area contributed by atoms with Crippen molar-refractivity contribution in [1.82, 2.24) is 4.98 Å². The fraction of sp³-hybridized carbons (Fsp3) is 0.0526. The molecule has 0 saturated heterocycles. The summed E-state index contributed by atoms with van der Waals surface area (Å²) < 4.78 is 0. The van der Waals surface area contributed by atoms with Crippen molar-refractivity contribution < 1.29 is 9.90 Å². The Labute approximate surface area is 128 Å². The second kappa shape index (κ2) is 5.92. The van der Waals surface area contributed by atoms with Crippen LogP contribution in [0.5, 0.6) is 0 Å². The van der Waals surface area contributed by atoms with E-state index < -0.39 is 11.4 Å². The Hall–Kier alpha value is -2.78. The first-order valence-electron chi connectivity index (χ1n) is 7.01. The predicted octanol–water partition coefficient (Wildman–Crippen LogP) is 3.20. The van der Waals surface area contributed by atoms with Crippen LogP contribution in [0.3, 0.4) is 0 Å². The maximum atomic E-state index is 13.0. The van der Waals surface area contributed by atoms with Gasteiger partial charge >= 0.3 is 0 Å². The van der Waals surface area contributed by atoms with Gasteiger partial charge in [-0.05, 0) is 23.3 Å². The van der Waals surface area contributed by atoms with E-state index >= 15 is 0 Å². The van der Waals surface area contributed by atoms with Gasteiger partial charge in [0.2, 0.25) is 5.78 Å². The lowest BCUT2D eigenvalue weighted by Gasteiger charge is -2.27. The molecule has 0 radical (unpaired) electrons. The van der Waals surface area contributed by atoms with Crippen LogP contribution in [-0.2, 0) is 5.60 Å². The Bertz CT molecular complexity index is 716. The summed E-state index contributed by atoms with van der Waals surface area (Å²) in [6.45, 7) is 0. The van der Waals surface area contributed by atoms with E-state index in [1.54, 1.807) is 66.9 Å². The summed E-state index contributed by atoms with van der Waals surface area (Å²) in [6, 6.07) is 21.3. The van der Waals surface area contributed by atoms with Crippen LogP contribution in [0, 0.1) is 0 Å². The lowest BCUT2D eigenvalue weighted by molar-refractivity contribution is 0.0487. The van der Waals surface area contributed by atoms with Crippen LogP contribution in [0.4, 0.5) is 0 Å². The van der Waals surface area contributed by atoms with Crippen molar-refractivity contribution in [2.24, 2.45) is 0 Å². The van der Waals surface area contributed by atoms with Gasteiger partial charge in [-0.1, -0.05) is 60.7 Å². The summed E-state index contributed by atoms with van der Waals surface area (Å²) >= 11 is 0. The molecule has 22 heavy (non-hydrogen) atoms. The number of Topliss-reactive ketones (excluding diaryl/α,β-unsaturated/α-hetero) is 1. The second-order valence-electron chi connectivity index (χ2n) is 5.01. The third-order valence-corrected chi connectivity index (χ3v) is 3.64. The quantitative estimate of drug-likeness (QED) is 0.750. The number of pyridine rings is 1. The normalized spacial score (nSPS) is 11.1. The molecule has 1 heterocycles. The number of aliphatic hydroxyl groups is 1. The molecule has 0 spiro atoms. The minimum absolute atomic E-state index is 0.373. The number of aromatic nitrogens is 1. The smallest absolute Gasteiger partial charge is 0.205 e. The molecular formula is C19H15NO2. The monoisotopic (exact) mass is 289 g/mol. The highest BCUT2D eigenvalue weighted by Crippen LogP contribution is 2.32. The van der Waals surface area contributed by atoms with E-state index in [0.29, 0.717) is 16.7 Å². The molecule has 0 amide bonds. The second-order valence-corrected chi connectivity index (χ2v) is 5.01. The maximum Gasteiger partial charge on any atom is 0.205 e. The first-order chi connectivity index (χ1) is 10.7. The van der Waals surface area contributed by atoms with Crippen LogP contribution < -0.4 is 0 Å². The minimum Gasteiger partial charge on any atom is -0.373 e. The number of ketones is 1. The highest BCUT2D eigenvalue weighted by Gasteiger charge is 2.40. The molecule has 3 rings (SSSR count). The average Bonchev–Trinajstić information content (AvgIpc) is 2.62. The number of rotatable bonds is 4. The first kappa shape index (κ1) is 14.2. The van der Waals surface area contributed by atoms with Crippen molar-refractivity contribution in [2.45, 2.75) is 5.60 Å². The summed E-state index contributed by atoms with van der Waals surface area (Å²) in [5.74, 6) is -0.391. The van der Waals surface area contributed by atoms with Crippen LogP contribution in [0.2, 0.25) is 0 Å². The number of hydrogen-bond acceptors (Lipinski definition) is 3. The van der Waals surface area contributed by atoms with Gasteiger partial charge in [0.05, 0.1) is 0 Å². The third-order valence-electron chi connectivity index (χ3n) is 3.64. The lowest BCUT2D eigenvalue weighted by Crippen LogP contribution is -2.37. The molecule has 0 fully saturated rings. The number of hydrogen-bond donors (Lipinski definition) is 1. The highest BCUT2D eigenvalue weighted by molar-refractivity contribution is 6.04. The van der Waals surface area contributed by atoms with Crippen molar-refractivity contribution in [3.8, 4) is 0 Å². The van der Waals surface area contributed by atoms with E-state index in [1.165, 1.54) is 6.20 Å². The van der Waals surface area contributed by atoms with Gasteiger partial charge in [0.25, 0.3) is 0 Å². The van der Waals surface area contributed by atoms with E-state index in [4.69, 9.17) is 0 Å². The minimum atomic E-state index is -1.73. The van der Waals surface area contributed by atoms with Crippen LogP contribution in [0.15, 0.2) is 85.2 Å². The van der Waals surface area contributed by atoms with Gasteiger partial charge in [-0.2, -0.15) is 0 Å². The SMILES string of the molecule is O=C(c1cccnc1)C(O)(c1ccccc1)c1ccccc1. The summed E-state index contributed by atoms with van der Waals surface area (Å²) in [6.07, 6.45) is 3.07. The van der Waals surface area contributed by atoms with E-state index in [0.717, 1.165) is 0 Å². The molecule has 0 aliphatic rings. The van der Waals surface area contributed by atoms with E-state index in [1.807, 2.05) is 12.1 Å². The first-order valence-corrected chi connectivity index (χ1v) is 7.01. The molecule has 1 N–H and O–H groups in total. The summed E-state index contributed by atoms with van der Waals surface area (Å²) in [4.78, 5) is 17.0. The zero-order chi connectivity index (χ0) is 15.4. The molecule has 0 atom stereocenters. The molecule has 3 nitrogen and oxygen atoms in total. The topological polar surface area (TPSA) is 50.2 Å². The average molecular weight is 289 g/mol. The van der Waals surface area contributed by atoms with Gasteiger partial charge in [0, 0.05) is 18.0 Å². The zero-order valence-corrected chi connectivity index (χ0v) is 11.9. The van der Waals surface area contributed by atoms with Gasteiger partial charge in [-0.15, -0.1) is 0 Å². The van der Waals surface area contributed by atoms with E-state index in [9.17, 15) is 9.90 Å². The molecule has 0 unspecified atom stereocenters. The van der Waals surface area contributed by atoms with Crippen molar-refractivity contribution >= 4 is 5.78 Å². The Balaban J connectivity index is 2.18. The number of carbonyl (C=O) groups excluding carboxylic acids is 1. The van der Waals surface area contributed by atoms with Gasteiger partial charge in [-0.25, -0.2) is 0 Å². The van der Waals surface area contributed by atoms with E-state index in [2.05, 4.69) is 4.98 Å². The number of nitrogens with zero attached hydrogens (tertiary/aromatic N) is 1. The zero-order valence-electron chi connectivity index (χ0n) is 11.9. The Kier molecular flexibility index (Phi) is 3.81. The summed E-state index contributed by atoms with van der Waals surface area (Å²) in [7, 11) is 0. The van der Waals surface area contributed by atoms with Crippen LogP contribution in [0.1, 0.15) is 21.5 Å². The summed E-state index contributed by atoms with van der Waals surface area (Å²) in [5.41, 5.74) is -0.284. The maximum absolute atomic E-state index is 13.0. The van der Waals surface area contributed by atoms with Gasteiger partial charge < -0.3 is 5.11 Å². The van der Waals surface area contributed by atoms with Crippen molar-refractivity contribution in [1.29, 1.82) is 0 Å². The Morgan fingerprint density at radius 3 is 1.82 bits per heavy atom.